The van der Waals surface area contributed by atoms with Gasteiger partial charge in [0, 0.05) is 21.8 Å². The molecule has 1 aromatic heterocycles. The van der Waals surface area contributed by atoms with Crippen LogP contribution in [0.5, 0.6) is 5.75 Å². The van der Waals surface area contributed by atoms with E-state index in [2.05, 4.69) is 20.9 Å². The molecule has 0 bridgehead atoms. The Labute approximate surface area is 124 Å². The predicted octanol–water partition coefficient (Wildman–Crippen LogP) is 4.00. The summed E-state index contributed by atoms with van der Waals surface area (Å²) in [5.41, 5.74) is 0.641. The second kappa shape index (κ2) is 6.61. The molecule has 20 heavy (non-hydrogen) atoms. The van der Waals surface area contributed by atoms with Crippen LogP contribution in [0.15, 0.2) is 41.1 Å². The van der Waals surface area contributed by atoms with Crippen molar-refractivity contribution in [2.45, 2.75) is 13.3 Å². The minimum absolute atomic E-state index is 0.270. The molecule has 0 radical (unpaired) electrons. The summed E-state index contributed by atoms with van der Waals surface area (Å²) in [6.45, 7) is 2.55. The maximum absolute atomic E-state index is 13.3. The molecule has 0 amide bonds. The molecule has 0 N–H and O–H groups in total. The Morgan fingerprint density at radius 2 is 2.05 bits per heavy atom. The van der Waals surface area contributed by atoms with E-state index < -0.39 is 5.82 Å². The fraction of sp³-hybridized carbons (Fsp3) is 0.200. The first-order chi connectivity index (χ1) is 9.60. The van der Waals surface area contributed by atoms with E-state index in [9.17, 15) is 9.18 Å². The van der Waals surface area contributed by atoms with Gasteiger partial charge in [0.15, 0.2) is 5.78 Å². The normalized spacial score (nSPS) is 10.3. The van der Waals surface area contributed by atoms with Crippen molar-refractivity contribution in [3.63, 3.8) is 0 Å². The minimum atomic E-state index is -0.464. The highest BCUT2D eigenvalue weighted by Crippen LogP contribution is 2.19. The maximum atomic E-state index is 13.3. The Balaban J connectivity index is 2.28. The van der Waals surface area contributed by atoms with E-state index >= 15 is 0 Å². The zero-order chi connectivity index (χ0) is 14.5. The zero-order valence-corrected chi connectivity index (χ0v) is 12.5. The molecular weight excluding hydrogens is 325 g/mol. The van der Waals surface area contributed by atoms with Crippen LogP contribution in [-0.2, 0) is 0 Å². The summed E-state index contributed by atoms with van der Waals surface area (Å²) in [5.74, 6) is -0.220. The van der Waals surface area contributed by atoms with Gasteiger partial charge in [0.2, 0.25) is 0 Å². The van der Waals surface area contributed by atoms with Crippen molar-refractivity contribution < 1.29 is 13.9 Å². The van der Waals surface area contributed by atoms with Crippen LogP contribution in [0.25, 0.3) is 0 Å². The van der Waals surface area contributed by atoms with Crippen LogP contribution < -0.4 is 4.74 Å². The van der Waals surface area contributed by atoms with Gasteiger partial charge in [-0.15, -0.1) is 0 Å². The SMILES string of the molecule is CCCOc1cncc(C(=O)c2cc(F)cc(Br)c2)c1. The lowest BCUT2D eigenvalue weighted by Crippen LogP contribution is -2.04. The molecule has 0 aliphatic carbocycles. The lowest BCUT2D eigenvalue weighted by atomic mass is 10.1. The van der Waals surface area contributed by atoms with Crippen molar-refractivity contribution in [3.05, 3.63) is 58.1 Å². The van der Waals surface area contributed by atoms with Gasteiger partial charge < -0.3 is 4.74 Å². The topological polar surface area (TPSA) is 39.2 Å². The smallest absolute Gasteiger partial charge is 0.194 e. The van der Waals surface area contributed by atoms with E-state index in [1.54, 1.807) is 18.3 Å². The van der Waals surface area contributed by atoms with Gasteiger partial charge in [-0.2, -0.15) is 0 Å². The molecule has 0 atom stereocenters. The lowest BCUT2D eigenvalue weighted by Gasteiger charge is -2.06. The molecule has 0 saturated heterocycles. The number of pyridine rings is 1. The number of aromatic nitrogens is 1. The fourth-order valence-electron chi connectivity index (χ4n) is 1.69. The zero-order valence-electron chi connectivity index (χ0n) is 10.9. The summed E-state index contributed by atoms with van der Waals surface area (Å²) in [5, 5.41) is 0. The van der Waals surface area contributed by atoms with Gasteiger partial charge in [0.05, 0.1) is 12.8 Å². The first kappa shape index (κ1) is 14.7. The standard InChI is InChI=1S/C15H13BrFNO2/c1-2-3-20-14-6-11(8-18-9-14)15(19)10-4-12(16)7-13(17)5-10/h4-9H,2-3H2,1H3. The van der Waals surface area contributed by atoms with Gasteiger partial charge in [0.25, 0.3) is 0 Å². The quantitative estimate of drug-likeness (QED) is 0.774. The summed E-state index contributed by atoms with van der Waals surface area (Å²) in [6.07, 6.45) is 3.86. The third-order valence-corrected chi connectivity index (χ3v) is 3.03. The Hall–Kier alpha value is -1.75. The third kappa shape index (κ3) is 3.63. The highest BCUT2D eigenvalue weighted by atomic mass is 79.9. The molecule has 0 saturated carbocycles. The number of hydrogen-bond acceptors (Lipinski definition) is 3. The van der Waals surface area contributed by atoms with Crippen molar-refractivity contribution >= 4 is 21.7 Å². The Morgan fingerprint density at radius 1 is 1.25 bits per heavy atom. The molecule has 0 fully saturated rings. The van der Waals surface area contributed by atoms with E-state index in [4.69, 9.17) is 4.74 Å². The van der Waals surface area contributed by atoms with E-state index in [1.807, 2.05) is 6.92 Å². The predicted molar refractivity (Wildman–Crippen MR) is 77.6 cm³/mol. The molecule has 0 aliphatic heterocycles. The number of halogens is 2. The van der Waals surface area contributed by atoms with Crippen molar-refractivity contribution in [2.24, 2.45) is 0 Å². The average Bonchev–Trinajstić information content (AvgIpc) is 2.43. The molecular formula is C15H13BrFNO2. The van der Waals surface area contributed by atoms with Gasteiger partial charge in [-0.25, -0.2) is 4.39 Å². The average molecular weight is 338 g/mol. The highest BCUT2D eigenvalue weighted by Gasteiger charge is 2.12. The second-order valence-electron chi connectivity index (χ2n) is 4.25. The van der Waals surface area contributed by atoms with Gasteiger partial charge in [-0.1, -0.05) is 22.9 Å². The minimum Gasteiger partial charge on any atom is -0.492 e. The highest BCUT2D eigenvalue weighted by molar-refractivity contribution is 9.10. The van der Waals surface area contributed by atoms with Gasteiger partial charge >= 0.3 is 0 Å². The van der Waals surface area contributed by atoms with E-state index in [0.717, 1.165) is 6.42 Å². The van der Waals surface area contributed by atoms with Gasteiger partial charge in [0.1, 0.15) is 11.6 Å². The summed E-state index contributed by atoms with van der Waals surface area (Å²) in [7, 11) is 0. The monoisotopic (exact) mass is 337 g/mol. The number of ether oxygens (including phenoxy) is 1. The molecule has 0 spiro atoms. The fourth-order valence-corrected chi connectivity index (χ4v) is 2.16. The number of nitrogens with zero attached hydrogens (tertiary/aromatic N) is 1. The number of hydrogen-bond donors (Lipinski definition) is 0. The molecule has 0 unspecified atom stereocenters. The Kier molecular flexibility index (Phi) is 4.84. The molecule has 104 valence electrons. The molecule has 2 rings (SSSR count). The van der Waals surface area contributed by atoms with E-state index in [0.29, 0.717) is 22.4 Å². The first-order valence-corrected chi connectivity index (χ1v) is 6.98. The van der Waals surface area contributed by atoms with Crippen LogP contribution in [0.3, 0.4) is 0 Å². The Morgan fingerprint density at radius 3 is 2.75 bits per heavy atom. The van der Waals surface area contributed by atoms with E-state index in [1.165, 1.54) is 18.3 Å². The second-order valence-corrected chi connectivity index (χ2v) is 5.16. The van der Waals surface area contributed by atoms with Crippen LogP contribution >= 0.6 is 15.9 Å². The van der Waals surface area contributed by atoms with Crippen LogP contribution in [0, 0.1) is 5.82 Å². The molecule has 1 aromatic carbocycles. The number of benzene rings is 1. The van der Waals surface area contributed by atoms with Gasteiger partial charge in [-0.05, 0) is 30.7 Å². The maximum Gasteiger partial charge on any atom is 0.194 e. The number of rotatable bonds is 5. The number of ketones is 1. The molecule has 0 aliphatic rings. The van der Waals surface area contributed by atoms with Crippen LogP contribution in [0.4, 0.5) is 4.39 Å². The number of carbonyl (C=O) groups is 1. The molecule has 5 heteroatoms. The van der Waals surface area contributed by atoms with Crippen molar-refractivity contribution in [1.29, 1.82) is 0 Å². The van der Waals surface area contributed by atoms with Crippen molar-refractivity contribution in [3.8, 4) is 5.75 Å². The summed E-state index contributed by atoms with van der Waals surface area (Å²) in [4.78, 5) is 16.3. The van der Waals surface area contributed by atoms with E-state index in [-0.39, 0.29) is 11.3 Å². The number of carbonyl (C=O) groups excluding carboxylic acids is 1. The molecule has 3 nitrogen and oxygen atoms in total. The lowest BCUT2D eigenvalue weighted by molar-refractivity contribution is 0.103. The summed E-state index contributed by atoms with van der Waals surface area (Å²) >= 11 is 3.17. The summed E-state index contributed by atoms with van der Waals surface area (Å²) in [6, 6.07) is 5.69. The van der Waals surface area contributed by atoms with Crippen LogP contribution in [-0.4, -0.2) is 17.4 Å². The first-order valence-electron chi connectivity index (χ1n) is 6.19. The molecule has 1 heterocycles. The molecule has 2 aromatic rings. The third-order valence-electron chi connectivity index (χ3n) is 2.57. The summed E-state index contributed by atoms with van der Waals surface area (Å²) < 4.78 is 19.3. The van der Waals surface area contributed by atoms with Crippen molar-refractivity contribution in [2.75, 3.05) is 6.61 Å². The Bertz CT molecular complexity index is 611. The largest absolute Gasteiger partial charge is 0.492 e. The van der Waals surface area contributed by atoms with Crippen molar-refractivity contribution in [1.82, 2.24) is 4.98 Å². The van der Waals surface area contributed by atoms with Crippen LogP contribution in [0.2, 0.25) is 0 Å². The van der Waals surface area contributed by atoms with Crippen LogP contribution in [0.1, 0.15) is 29.3 Å². The van der Waals surface area contributed by atoms with Gasteiger partial charge in [-0.3, -0.25) is 9.78 Å².